The third-order valence-electron chi connectivity index (χ3n) is 4.43. The molecule has 0 bridgehead atoms. The number of nitrogens with one attached hydrogen (secondary N) is 2. The monoisotopic (exact) mass is 300 g/mol. The number of benzene rings is 1. The molecule has 5 heteroatoms. The maximum Gasteiger partial charge on any atom is 0.244 e. The molecule has 5 nitrogen and oxygen atoms in total. The van der Waals surface area contributed by atoms with Crippen LogP contribution in [0, 0.1) is 0 Å². The SMILES string of the molecule is CC(C)n1cc2cc(NC(=O)[C@]3(C)CCCCN3)ccc2n1. The lowest BCUT2D eigenvalue weighted by Crippen LogP contribution is -2.54. The number of fused-ring (bicyclic) bond motifs is 1. The third kappa shape index (κ3) is 2.86. The first-order valence-electron chi connectivity index (χ1n) is 8.03. The van der Waals surface area contributed by atoms with E-state index in [1.54, 1.807) is 0 Å². The molecule has 0 spiro atoms. The first-order chi connectivity index (χ1) is 10.5. The molecule has 3 rings (SSSR count). The summed E-state index contributed by atoms with van der Waals surface area (Å²) in [5.41, 5.74) is 1.32. The van der Waals surface area contributed by atoms with E-state index in [9.17, 15) is 4.79 Å². The lowest BCUT2D eigenvalue weighted by Gasteiger charge is -2.33. The number of nitrogens with zero attached hydrogens (tertiary/aromatic N) is 2. The van der Waals surface area contributed by atoms with E-state index in [-0.39, 0.29) is 5.91 Å². The lowest BCUT2D eigenvalue weighted by atomic mass is 9.90. The highest BCUT2D eigenvalue weighted by Crippen LogP contribution is 2.23. The Morgan fingerprint density at radius 3 is 2.91 bits per heavy atom. The van der Waals surface area contributed by atoms with Crippen molar-refractivity contribution in [1.82, 2.24) is 15.1 Å². The molecule has 1 fully saturated rings. The van der Waals surface area contributed by atoms with Crippen molar-refractivity contribution in [1.29, 1.82) is 0 Å². The summed E-state index contributed by atoms with van der Waals surface area (Å²) in [6.45, 7) is 7.09. The fraction of sp³-hybridized carbons (Fsp3) is 0.529. The van der Waals surface area contributed by atoms with Gasteiger partial charge in [-0.05, 0) is 64.8 Å². The predicted molar refractivity (Wildman–Crippen MR) is 89.0 cm³/mol. The van der Waals surface area contributed by atoms with E-state index in [0.717, 1.165) is 42.4 Å². The van der Waals surface area contributed by atoms with E-state index >= 15 is 0 Å². The summed E-state index contributed by atoms with van der Waals surface area (Å²) in [7, 11) is 0. The molecule has 0 aliphatic carbocycles. The van der Waals surface area contributed by atoms with Gasteiger partial charge in [0.2, 0.25) is 5.91 Å². The van der Waals surface area contributed by atoms with Crippen LogP contribution in [0.1, 0.15) is 46.1 Å². The van der Waals surface area contributed by atoms with Gasteiger partial charge >= 0.3 is 0 Å². The van der Waals surface area contributed by atoms with Gasteiger partial charge in [0.15, 0.2) is 0 Å². The van der Waals surface area contributed by atoms with Gasteiger partial charge in [-0.3, -0.25) is 9.48 Å². The van der Waals surface area contributed by atoms with E-state index in [2.05, 4.69) is 29.6 Å². The highest BCUT2D eigenvalue weighted by molar-refractivity contribution is 5.99. The average molecular weight is 300 g/mol. The summed E-state index contributed by atoms with van der Waals surface area (Å²) in [4.78, 5) is 12.5. The zero-order valence-electron chi connectivity index (χ0n) is 13.5. The smallest absolute Gasteiger partial charge is 0.244 e. The minimum absolute atomic E-state index is 0.0443. The van der Waals surface area contributed by atoms with Crippen molar-refractivity contribution in [3.05, 3.63) is 24.4 Å². The quantitative estimate of drug-likeness (QED) is 0.916. The maximum absolute atomic E-state index is 12.5. The minimum atomic E-state index is -0.463. The van der Waals surface area contributed by atoms with Crippen molar-refractivity contribution < 1.29 is 4.79 Å². The van der Waals surface area contributed by atoms with Crippen molar-refractivity contribution >= 4 is 22.5 Å². The second-order valence-electron chi connectivity index (χ2n) is 6.65. The lowest BCUT2D eigenvalue weighted by molar-refractivity contribution is -0.122. The summed E-state index contributed by atoms with van der Waals surface area (Å²) < 4.78 is 1.94. The van der Waals surface area contributed by atoms with Crippen LogP contribution in [0.4, 0.5) is 5.69 Å². The molecule has 1 aromatic heterocycles. The Morgan fingerprint density at radius 1 is 1.41 bits per heavy atom. The van der Waals surface area contributed by atoms with E-state index in [1.807, 2.05) is 36.0 Å². The molecule has 1 aliphatic rings. The Kier molecular flexibility index (Phi) is 3.91. The molecule has 1 aromatic carbocycles. The van der Waals surface area contributed by atoms with Gasteiger partial charge in [-0.1, -0.05) is 0 Å². The predicted octanol–water partition coefficient (Wildman–Crippen LogP) is 3.09. The second-order valence-corrected chi connectivity index (χ2v) is 6.65. The standard InChI is InChI=1S/C17H24N4O/c1-12(2)21-11-13-10-14(6-7-15(13)20-21)19-16(22)17(3)8-4-5-9-18-17/h6-7,10-12,18H,4-5,8-9H2,1-3H3,(H,19,22)/t17-/m0/s1. The van der Waals surface area contributed by atoms with Crippen molar-refractivity contribution in [3.8, 4) is 0 Å². The van der Waals surface area contributed by atoms with Crippen LogP contribution in [-0.4, -0.2) is 27.8 Å². The number of anilines is 1. The van der Waals surface area contributed by atoms with Crippen molar-refractivity contribution in [2.45, 2.75) is 51.6 Å². The van der Waals surface area contributed by atoms with Crippen LogP contribution in [0.5, 0.6) is 0 Å². The molecule has 0 radical (unpaired) electrons. The first-order valence-corrected chi connectivity index (χ1v) is 8.03. The molecular formula is C17H24N4O. The Labute approximate surface area is 131 Å². The van der Waals surface area contributed by atoms with Crippen LogP contribution < -0.4 is 10.6 Å². The molecule has 2 N–H and O–H groups in total. The molecule has 1 atom stereocenters. The highest BCUT2D eigenvalue weighted by atomic mass is 16.2. The molecule has 22 heavy (non-hydrogen) atoms. The van der Waals surface area contributed by atoms with E-state index in [4.69, 9.17) is 0 Å². The van der Waals surface area contributed by atoms with E-state index in [0.29, 0.717) is 6.04 Å². The normalized spacial score (nSPS) is 22.2. The number of amides is 1. The van der Waals surface area contributed by atoms with Crippen molar-refractivity contribution in [2.75, 3.05) is 11.9 Å². The van der Waals surface area contributed by atoms with Crippen LogP contribution in [-0.2, 0) is 4.79 Å². The Hall–Kier alpha value is -1.88. The molecule has 2 heterocycles. The Morgan fingerprint density at radius 2 is 2.23 bits per heavy atom. The summed E-state index contributed by atoms with van der Waals surface area (Å²) in [5.74, 6) is 0.0443. The summed E-state index contributed by atoms with van der Waals surface area (Å²) >= 11 is 0. The second kappa shape index (κ2) is 5.72. The van der Waals surface area contributed by atoms with Crippen LogP contribution in [0.3, 0.4) is 0 Å². The van der Waals surface area contributed by atoms with Crippen LogP contribution >= 0.6 is 0 Å². The molecule has 0 unspecified atom stereocenters. The van der Waals surface area contributed by atoms with Crippen LogP contribution in [0.15, 0.2) is 24.4 Å². The van der Waals surface area contributed by atoms with Gasteiger partial charge in [-0.25, -0.2) is 0 Å². The average Bonchev–Trinajstić information content (AvgIpc) is 2.91. The van der Waals surface area contributed by atoms with Gasteiger partial charge in [0, 0.05) is 23.3 Å². The van der Waals surface area contributed by atoms with Crippen LogP contribution in [0.2, 0.25) is 0 Å². The van der Waals surface area contributed by atoms with Gasteiger partial charge < -0.3 is 10.6 Å². The Bertz CT molecular complexity index is 683. The zero-order chi connectivity index (χ0) is 15.7. The van der Waals surface area contributed by atoms with Crippen molar-refractivity contribution in [3.63, 3.8) is 0 Å². The number of carbonyl (C=O) groups excluding carboxylic acids is 1. The summed E-state index contributed by atoms with van der Waals surface area (Å²) in [6.07, 6.45) is 5.14. The molecule has 1 aliphatic heterocycles. The van der Waals surface area contributed by atoms with Crippen molar-refractivity contribution in [2.24, 2.45) is 0 Å². The van der Waals surface area contributed by atoms with Gasteiger partial charge in [-0.15, -0.1) is 0 Å². The highest BCUT2D eigenvalue weighted by Gasteiger charge is 2.34. The van der Waals surface area contributed by atoms with E-state index in [1.165, 1.54) is 0 Å². The van der Waals surface area contributed by atoms with Crippen LogP contribution in [0.25, 0.3) is 10.9 Å². The van der Waals surface area contributed by atoms with E-state index < -0.39 is 5.54 Å². The van der Waals surface area contributed by atoms with Gasteiger partial charge in [0.25, 0.3) is 0 Å². The fourth-order valence-electron chi connectivity index (χ4n) is 2.91. The molecule has 118 valence electrons. The number of aromatic nitrogens is 2. The number of hydrogen-bond donors (Lipinski definition) is 2. The number of carbonyl (C=O) groups is 1. The molecule has 2 aromatic rings. The molecular weight excluding hydrogens is 276 g/mol. The zero-order valence-corrected chi connectivity index (χ0v) is 13.5. The van der Waals surface area contributed by atoms with Gasteiger partial charge in [-0.2, -0.15) is 5.10 Å². The number of hydrogen-bond acceptors (Lipinski definition) is 3. The maximum atomic E-state index is 12.5. The summed E-state index contributed by atoms with van der Waals surface area (Å²) in [5, 5.41) is 12.0. The topological polar surface area (TPSA) is 59.0 Å². The minimum Gasteiger partial charge on any atom is -0.324 e. The number of rotatable bonds is 3. The summed E-state index contributed by atoms with van der Waals surface area (Å²) in [6, 6.07) is 6.20. The first kappa shape index (κ1) is 15.0. The molecule has 1 saturated heterocycles. The fourth-order valence-corrected chi connectivity index (χ4v) is 2.91. The number of piperidine rings is 1. The molecule has 1 amide bonds. The third-order valence-corrected chi connectivity index (χ3v) is 4.43. The Balaban J connectivity index is 1.80. The largest absolute Gasteiger partial charge is 0.324 e. The van der Waals surface area contributed by atoms with Gasteiger partial charge in [0.05, 0.1) is 11.1 Å². The molecule has 0 saturated carbocycles. The van der Waals surface area contributed by atoms with Gasteiger partial charge in [0.1, 0.15) is 0 Å².